The Hall–Kier alpha value is -1.87. The molecule has 158 valence electrons. The zero-order valence-corrected chi connectivity index (χ0v) is 17.2. The van der Waals surface area contributed by atoms with Crippen molar-refractivity contribution in [1.82, 2.24) is 10.0 Å². The van der Waals surface area contributed by atoms with Crippen molar-refractivity contribution < 1.29 is 17.2 Å². The van der Waals surface area contributed by atoms with Crippen LogP contribution in [0.25, 0.3) is 0 Å². The number of rotatable bonds is 8. The summed E-state index contributed by atoms with van der Waals surface area (Å²) in [6, 6.07) is 10.3. The van der Waals surface area contributed by atoms with Gasteiger partial charge in [0.1, 0.15) is 11.6 Å². The highest BCUT2D eigenvalue weighted by atomic mass is 32.2. The summed E-state index contributed by atoms with van der Waals surface area (Å²) >= 11 is 0. The standard InChI is InChI=1S/C21H27F2N3O2S/c1-29(27,28)26-21(11-14-9-16(22)12-17(23)10-14)19(24)13-25-20-8-4-6-15-5-2-3-7-18(15)20/h2-3,5,7,9-10,12,19-21,25-26H,4,6,8,11,13,24H2,1H3/t19-,20-,21-/m0/s1. The number of nitrogens with one attached hydrogen (secondary N) is 2. The SMILES string of the molecule is CS(=O)(=O)N[C@@H](Cc1cc(F)cc(F)c1)[C@@H](N)CN[C@H]1CCCc2ccccc21. The van der Waals surface area contributed by atoms with Gasteiger partial charge < -0.3 is 11.1 Å². The first-order valence-corrected chi connectivity index (χ1v) is 11.6. The topological polar surface area (TPSA) is 84.2 Å². The van der Waals surface area contributed by atoms with E-state index in [1.807, 2.05) is 12.1 Å². The van der Waals surface area contributed by atoms with Gasteiger partial charge in [0, 0.05) is 30.7 Å². The van der Waals surface area contributed by atoms with Crippen LogP contribution in [0.15, 0.2) is 42.5 Å². The van der Waals surface area contributed by atoms with E-state index in [-0.39, 0.29) is 12.5 Å². The molecule has 1 aliphatic rings. The summed E-state index contributed by atoms with van der Waals surface area (Å²) in [6.07, 6.45) is 4.22. The van der Waals surface area contributed by atoms with E-state index in [0.717, 1.165) is 31.6 Å². The first kappa shape index (κ1) is 21.8. The van der Waals surface area contributed by atoms with E-state index in [9.17, 15) is 17.2 Å². The van der Waals surface area contributed by atoms with Crippen LogP contribution in [0.5, 0.6) is 0 Å². The first-order valence-electron chi connectivity index (χ1n) is 9.70. The van der Waals surface area contributed by atoms with E-state index in [1.165, 1.54) is 23.3 Å². The van der Waals surface area contributed by atoms with Crippen LogP contribution in [-0.4, -0.2) is 33.3 Å². The average molecular weight is 424 g/mol. The molecule has 0 heterocycles. The average Bonchev–Trinajstić information content (AvgIpc) is 2.63. The Morgan fingerprint density at radius 2 is 1.86 bits per heavy atom. The Morgan fingerprint density at radius 3 is 2.55 bits per heavy atom. The molecule has 0 saturated heterocycles. The van der Waals surface area contributed by atoms with Gasteiger partial charge in [-0.2, -0.15) is 0 Å². The zero-order valence-electron chi connectivity index (χ0n) is 16.4. The molecule has 0 spiro atoms. The molecule has 8 heteroatoms. The number of hydrogen-bond donors (Lipinski definition) is 3. The molecule has 5 nitrogen and oxygen atoms in total. The van der Waals surface area contributed by atoms with E-state index in [1.54, 1.807) is 0 Å². The van der Waals surface area contributed by atoms with E-state index in [0.29, 0.717) is 12.1 Å². The molecule has 0 unspecified atom stereocenters. The Labute approximate surface area is 170 Å². The Balaban J connectivity index is 1.71. The van der Waals surface area contributed by atoms with E-state index >= 15 is 0 Å². The maximum atomic E-state index is 13.5. The summed E-state index contributed by atoms with van der Waals surface area (Å²) in [5.74, 6) is -1.41. The zero-order chi connectivity index (χ0) is 21.0. The molecule has 0 fully saturated rings. The van der Waals surface area contributed by atoms with Gasteiger partial charge in [-0.15, -0.1) is 0 Å². The van der Waals surface area contributed by atoms with Gasteiger partial charge in [-0.05, 0) is 54.5 Å². The van der Waals surface area contributed by atoms with Crippen LogP contribution >= 0.6 is 0 Å². The molecule has 2 aromatic carbocycles. The van der Waals surface area contributed by atoms with Crippen molar-refractivity contribution in [1.29, 1.82) is 0 Å². The monoisotopic (exact) mass is 423 g/mol. The molecule has 0 radical (unpaired) electrons. The second kappa shape index (κ2) is 9.30. The highest BCUT2D eigenvalue weighted by Crippen LogP contribution is 2.29. The Kier molecular flexibility index (Phi) is 7.00. The quantitative estimate of drug-likeness (QED) is 0.609. The summed E-state index contributed by atoms with van der Waals surface area (Å²) in [5.41, 5.74) is 9.21. The molecule has 2 aromatic rings. The van der Waals surface area contributed by atoms with Crippen LogP contribution in [0, 0.1) is 11.6 Å². The van der Waals surface area contributed by atoms with Crippen molar-refractivity contribution in [2.24, 2.45) is 5.73 Å². The van der Waals surface area contributed by atoms with Gasteiger partial charge in [0.25, 0.3) is 0 Å². The van der Waals surface area contributed by atoms with Crippen LogP contribution in [0.1, 0.15) is 35.6 Å². The van der Waals surface area contributed by atoms with Crippen LogP contribution in [0.2, 0.25) is 0 Å². The Bertz CT molecular complexity index is 932. The van der Waals surface area contributed by atoms with Crippen molar-refractivity contribution in [2.45, 2.75) is 43.8 Å². The van der Waals surface area contributed by atoms with Gasteiger partial charge in [-0.1, -0.05) is 24.3 Å². The lowest BCUT2D eigenvalue weighted by Crippen LogP contribution is -2.53. The van der Waals surface area contributed by atoms with Crippen molar-refractivity contribution in [3.05, 3.63) is 70.8 Å². The van der Waals surface area contributed by atoms with E-state index < -0.39 is 33.7 Å². The molecule has 0 bridgehead atoms. The molecule has 0 amide bonds. The number of aryl methyl sites for hydroxylation is 1. The highest BCUT2D eigenvalue weighted by Gasteiger charge is 2.25. The molecule has 3 rings (SSSR count). The highest BCUT2D eigenvalue weighted by molar-refractivity contribution is 7.88. The fraction of sp³-hybridized carbons (Fsp3) is 0.429. The molecule has 0 aromatic heterocycles. The molecular weight excluding hydrogens is 396 g/mol. The fourth-order valence-corrected chi connectivity index (χ4v) is 4.73. The third-order valence-electron chi connectivity index (χ3n) is 5.23. The normalized spacial score (nSPS) is 18.8. The summed E-state index contributed by atoms with van der Waals surface area (Å²) < 4.78 is 53.2. The first-order chi connectivity index (χ1) is 13.7. The third-order valence-corrected chi connectivity index (χ3v) is 5.96. The number of hydrogen-bond acceptors (Lipinski definition) is 4. The lowest BCUT2D eigenvalue weighted by molar-refractivity contribution is 0.398. The molecule has 0 saturated carbocycles. The molecule has 29 heavy (non-hydrogen) atoms. The maximum Gasteiger partial charge on any atom is 0.209 e. The fourth-order valence-electron chi connectivity index (χ4n) is 3.92. The van der Waals surface area contributed by atoms with Gasteiger partial charge >= 0.3 is 0 Å². The summed E-state index contributed by atoms with van der Waals surface area (Å²) in [6.45, 7) is 0.365. The lowest BCUT2D eigenvalue weighted by atomic mass is 9.87. The number of benzene rings is 2. The largest absolute Gasteiger partial charge is 0.325 e. The van der Waals surface area contributed by atoms with Gasteiger partial charge in [-0.3, -0.25) is 0 Å². The number of sulfonamides is 1. The molecule has 1 aliphatic carbocycles. The maximum absolute atomic E-state index is 13.5. The van der Waals surface area contributed by atoms with Crippen LogP contribution in [0.3, 0.4) is 0 Å². The van der Waals surface area contributed by atoms with Crippen molar-refractivity contribution in [3.8, 4) is 0 Å². The minimum Gasteiger partial charge on any atom is -0.325 e. The second-order valence-corrected chi connectivity index (χ2v) is 9.47. The third kappa shape index (κ3) is 6.30. The predicted molar refractivity (Wildman–Crippen MR) is 110 cm³/mol. The van der Waals surface area contributed by atoms with Crippen LogP contribution in [0.4, 0.5) is 8.78 Å². The predicted octanol–water partition coefficient (Wildman–Crippen LogP) is 2.42. The van der Waals surface area contributed by atoms with Gasteiger partial charge in [0.05, 0.1) is 6.26 Å². The summed E-state index contributed by atoms with van der Waals surface area (Å²) in [7, 11) is -3.55. The minimum atomic E-state index is -3.55. The minimum absolute atomic E-state index is 0.0891. The lowest BCUT2D eigenvalue weighted by Gasteiger charge is -2.30. The van der Waals surface area contributed by atoms with Gasteiger partial charge in [0.15, 0.2) is 0 Å². The molecule has 3 atom stereocenters. The van der Waals surface area contributed by atoms with E-state index in [4.69, 9.17) is 5.73 Å². The smallest absolute Gasteiger partial charge is 0.209 e. The van der Waals surface area contributed by atoms with Gasteiger partial charge in [0.2, 0.25) is 10.0 Å². The van der Waals surface area contributed by atoms with Crippen LogP contribution in [-0.2, 0) is 22.9 Å². The molecule has 0 aliphatic heterocycles. The van der Waals surface area contributed by atoms with E-state index in [2.05, 4.69) is 22.2 Å². The van der Waals surface area contributed by atoms with Crippen LogP contribution < -0.4 is 15.8 Å². The van der Waals surface area contributed by atoms with Gasteiger partial charge in [-0.25, -0.2) is 21.9 Å². The molecular formula is C21H27F2N3O2S. The number of fused-ring (bicyclic) bond motifs is 1. The molecule has 4 N–H and O–H groups in total. The Morgan fingerprint density at radius 1 is 1.17 bits per heavy atom. The number of halogens is 2. The van der Waals surface area contributed by atoms with Crippen molar-refractivity contribution >= 4 is 10.0 Å². The number of nitrogens with two attached hydrogens (primary N) is 1. The van der Waals surface area contributed by atoms with Crippen molar-refractivity contribution in [3.63, 3.8) is 0 Å². The summed E-state index contributed by atoms with van der Waals surface area (Å²) in [4.78, 5) is 0. The summed E-state index contributed by atoms with van der Waals surface area (Å²) in [5, 5.41) is 3.44. The second-order valence-electron chi connectivity index (χ2n) is 7.69. The van der Waals surface area contributed by atoms with Crippen molar-refractivity contribution in [2.75, 3.05) is 12.8 Å².